The lowest BCUT2D eigenvalue weighted by Crippen LogP contribution is -2.45. The third-order valence-corrected chi connectivity index (χ3v) is 7.94. The monoisotopic (exact) mass is 467 g/mol. The van der Waals surface area contributed by atoms with Crippen LogP contribution in [-0.4, -0.2) is 49.4 Å². The van der Waals surface area contributed by atoms with Gasteiger partial charge in [0.05, 0.1) is 28.8 Å². The van der Waals surface area contributed by atoms with E-state index in [1.807, 2.05) is 41.9 Å². The van der Waals surface area contributed by atoms with E-state index in [-0.39, 0.29) is 5.91 Å². The molecule has 1 saturated heterocycles. The van der Waals surface area contributed by atoms with Gasteiger partial charge in [-0.1, -0.05) is 31.6 Å². The zero-order valence-electron chi connectivity index (χ0n) is 20.7. The van der Waals surface area contributed by atoms with Crippen molar-refractivity contribution in [2.45, 2.75) is 58.4 Å². The fraction of sp³-hybridized carbons (Fsp3) is 0.414. The van der Waals surface area contributed by atoms with Gasteiger partial charge < -0.3 is 4.90 Å². The summed E-state index contributed by atoms with van der Waals surface area (Å²) in [4.78, 5) is 22.6. The average Bonchev–Trinajstić information content (AvgIpc) is 3.25. The highest BCUT2D eigenvalue weighted by Gasteiger charge is 2.30. The number of amides is 1. The number of carbonyl (C=O) groups is 1. The largest absolute Gasteiger partial charge is 0.300 e. The van der Waals surface area contributed by atoms with Gasteiger partial charge in [0, 0.05) is 29.6 Å². The van der Waals surface area contributed by atoms with E-state index in [1.54, 1.807) is 11.0 Å². The number of carbonyl (C=O) groups excluding carboxylic acids is 1. The third kappa shape index (κ3) is 4.20. The van der Waals surface area contributed by atoms with Crippen molar-refractivity contribution in [1.82, 2.24) is 24.4 Å². The molecule has 6 heteroatoms. The van der Waals surface area contributed by atoms with E-state index in [9.17, 15) is 4.79 Å². The molecule has 2 fully saturated rings. The molecule has 0 N–H and O–H groups in total. The molecule has 6 rings (SSSR count). The number of allylic oxidation sites excluding steroid dienone is 7. The summed E-state index contributed by atoms with van der Waals surface area (Å²) < 4.78 is 1.88. The van der Waals surface area contributed by atoms with Gasteiger partial charge >= 0.3 is 0 Å². The molecule has 0 spiro atoms. The Morgan fingerprint density at radius 2 is 1.91 bits per heavy atom. The van der Waals surface area contributed by atoms with Crippen molar-refractivity contribution in [3.8, 4) is 0 Å². The molecule has 0 atom stereocenters. The zero-order valence-corrected chi connectivity index (χ0v) is 20.7. The van der Waals surface area contributed by atoms with Gasteiger partial charge in [0.2, 0.25) is 0 Å². The van der Waals surface area contributed by atoms with Gasteiger partial charge in [-0.05, 0) is 81.8 Å². The topological polar surface area (TPSA) is 53.7 Å². The van der Waals surface area contributed by atoms with Crippen molar-refractivity contribution >= 4 is 17.0 Å². The second-order valence-electron chi connectivity index (χ2n) is 10.2. The summed E-state index contributed by atoms with van der Waals surface area (Å²) in [5.74, 6) is 0.481. The standard InChI is InChI=1S/C29H33N5O/c1-3-26-28-17-27(31-34(28)18-20(2)30-26)22-6-4-9-25-11-10-23(19-33(25)29(35)16-22)21-12-14-32(15-13-21)24-7-5-8-24/h4,6,9-11,16-19,21,24H,3,5,7-8,12-15H2,1-2H3/b6-4?,22-16?,25-9+. The van der Waals surface area contributed by atoms with Crippen molar-refractivity contribution < 1.29 is 4.79 Å². The van der Waals surface area contributed by atoms with Crippen molar-refractivity contribution in [2.24, 2.45) is 5.92 Å². The lowest BCUT2D eigenvalue weighted by molar-refractivity contribution is -0.122. The zero-order chi connectivity index (χ0) is 23.9. The lowest BCUT2D eigenvalue weighted by atomic mass is 9.84. The minimum Gasteiger partial charge on any atom is -0.300 e. The molecule has 0 bridgehead atoms. The van der Waals surface area contributed by atoms with E-state index in [0.717, 1.165) is 46.3 Å². The molecule has 0 radical (unpaired) electrons. The summed E-state index contributed by atoms with van der Waals surface area (Å²) >= 11 is 0. The molecule has 0 aromatic carbocycles. The van der Waals surface area contributed by atoms with Gasteiger partial charge in [0.1, 0.15) is 0 Å². The van der Waals surface area contributed by atoms with Crippen LogP contribution in [0.25, 0.3) is 11.1 Å². The quantitative estimate of drug-likeness (QED) is 0.636. The number of fused-ring (bicyclic) bond motifs is 2. The fourth-order valence-corrected chi connectivity index (χ4v) is 5.69. The number of likely N-dealkylation sites (tertiary alicyclic amines) is 1. The molecule has 1 aliphatic carbocycles. The van der Waals surface area contributed by atoms with Gasteiger partial charge in [0.25, 0.3) is 5.91 Å². The van der Waals surface area contributed by atoms with E-state index in [2.05, 4.69) is 35.2 Å². The summed E-state index contributed by atoms with van der Waals surface area (Å²) in [7, 11) is 0. The van der Waals surface area contributed by atoms with Crippen LogP contribution < -0.4 is 0 Å². The van der Waals surface area contributed by atoms with Crippen LogP contribution in [0.5, 0.6) is 0 Å². The summed E-state index contributed by atoms with van der Waals surface area (Å²) in [6.45, 7) is 6.43. The van der Waals surface area contributed by atoms with Crippen LogP contribution in [-0.2, 0) is 11.2 Å². The summed E-state index contributed by atoms with van der Waals surface area (Å²) in [6, 6.07) is 2.86. The number of rotatable bonds is 4. The highest BCUT2D eigenvalue weighted by molar-refractivity contribution is 5.99. The van der Waals surface area contributed by atoms with Crippen LogP contribution >= 0.6 is 0 Å². The average molecular weight is 468 g/mol. The van der Waals surface area contributed by atoms with Crippen LogP contribution in [0, 0.1) is 12.8 Å². The van der Waals surface area contributed by atoms with Gasteiger partial charge in [-0.25, -0.2) is 4.52 Å². The van der Waals surface area contributed by atoms with E-state index in [1.165, 1.54) is 50.8 Å². The molecular formula is C29H33N5O. The van der Waals surface area contributed by atoms with Gasteiger partial charge in [-0.15, -0.1) is 0 Å². The van der Waals surface area contributed by atoms with Crippen molar-refractivity contribution in [1.29, 1.82) is 0 Å². The van der Waals surface area contributed by atoms with Crippen molar-refractivity contribution in [3.05, 3.63) is 83.3 Å². The summed E-state index contributed by atoms with van der Waals surface area (Å²) in [5, 5.41) is 4.77. The molecule has 2 aromatic heterocycles. The van der Waals surface area contributed by atoms with Gasteiger partial charge in [0.15, 0.2) is 0 Å². The van der Waals surface area contributed by atoms with Crippen LogP contribution in [0.2, 0.25) is 0 Å². The Morgan fingerprint density at radius 1 is 1.09 bits per heavy atom. The molecule has 35 heavy (non-hydrogen) atoms. The maximum Gasteiger partial charge on any atom is 0.255 e. The Hall–Kier alpha value is -3.25. The van der Waals surface area contributed by atoms with Crippen molar-refractivity contribution in [2.75, 3.05) is 13.1 Å². The fourth-order valence-electron chi connectivity index (χ4n) is 5.69. The Bertz CT molecular complexity index is 1310. The number of piperidine rings is 1. The first kappa shape index (κ1) is 22.2. The van der Waals surface area contributed by atoms with Crippen LogP contribution in [0.1, 0.15) is 56.1 Å². The molecule has 5 heterocycles. The van der Waals surface area contributed by atoms with E-state index in [4.69, 9.17) is 5.10 Å². The second kappa shape index (κ2) is 9.08. The highest BCUT2D eigenvalue weighted by Crippen LogP contribution is 2.34. The first-order chi connectivity index (χ1) is 17.1. The summed E-state index contributed by atoms with van der Waals surface area (Å²) in [5.41, 5.74) is 6.71. The second-order valence-corrected chi connectivity index (χ2v) is 10.2. The van der Waals surface area contributed by atoms with Crippen LogP contribution in [0.3, 0.4) is 0 Å². The molecule has 4 aliphatic rings. The molecular weight excluding hydrogens is 434 g/mol. The highest BCUT2D eigenvalue weighted by atomic mass is 16.2. The Balaban J connectivity index is 1.25. The minimum atomic E-state index is -0.0357. The third-order valence-electron chi connectivity index (χ3n) is 7.94. The van der Waals surface area contributed by atoms with Gasteiger partial charge in [-0.2, -0.15) is 5.10 Å². The SMILES string of the molecule is CCc1nc(C)cn2nc(C3=CC(=O)N4C=C(C5CCN(C6CCC6)CC5)C=C/C4=C\C=C3)cc12. The number of aryl methyl sites for hydroxylation is 2. The van der Waals surface area contributed by atoms with Gasteiger partial charge in [-0.3, -0.25) is 14.7 Å². The number of hydrogen-bond donors (Lipinski definition) is 0. The Labute approximate surface area is 207 Å². The van der Waals surface area contributed by atoms with Crippen LogP contribution in [0.15, 0.2) is 66.2 Å². The first-order valence-electron chi connectivity index (χ1n) is 13.0. The number of nitrogens with zero attached hydrogens (tertiary/aromatic N) is 5. The number of aromatic nitrogens is 3. The first-order valence-corrected chi connectivity index (χ1v) is 13.0. The predicted octanol–water partition coefficient (Wildman–Crippen LogP) is 4.98. The van der Waals surface area contributed by atoms with Crippen LogP contribution in [0.4, 0.5) is 0 Å². The maximum atomic E-state index is 13.4. The minimum absolute atomic E-state index is 0.0357. The van der Waals surface area contributed by atoms with E-state index < -0.39 is 0 Å². The predicted molar refractivity (Wildman–Crippen MR) is 138 cm³/mol. The molecule has 180 valence electrons. The molecule has 2 aromatic rings. The van der Waals surface area contributed by atoms with Crippen molar-refractivity contribution in [3.63, 3.8) is 0 Å². The molecule has 1 amide bonds. The Morgan fingerprint density at radius 3 is 2.66 bits per heavy atom. The maximum absolute atomic E-state index is 13.4. The van der Waals surface area contributed by atoms with E-state index in [0.29, 0.717) is 5.92 Å². The molecule has 1 saturated carbocycles. The molecule has 0 unspecified atom stereocenters. The molecule has 6 nitrogen and oxygen atoms in total. The normalized spacial score (nSPS) is 23.3. The summed E-state index contributed by atoms with van der Waals surface area (Å²) in [6.07, 6.45) is 23.3. The smallest absolute Gasteiger partial charge is 0.255 e. The lowest BCUT2D eigenvalue weighted by Gasteiger charge is -2.42. The van der Waals surface area contributed by atoms with E-state index >= 15 is 0 Å². The number of hydrogen-bond acceptors (Lipinski definition) is 4. The molecule has 3 aliphatic heterocycles. The Kier molecular flexibility index (Phi) is 5.77.